The third-order valence-corrected chi connectivity index (χ3v) is 3.50. The predicted molar refractivity (Wildman–Crippen MR) is 97.5 cm³/mol. The number of amides is 1. The maximum atomic E-state index is 11.9. The molecule has 0 unspecified atom stereocenters. The second-order valence-electron chi connectivity index (χ2n) is 5.22. The number of methoxy groups -OCH3 is 2. The van der Waals surface area contributed by atoms with Gasteiger partial charge in [0.2, 0.25) is 0 Å². The summed E-state index contributed by atoms with van der Waals surface area (Å²) in [7, 11) is 3.14. The number of anilines is 1. The summed E-state index contributed by atoms with van der Waals surface area (Å²) in [6.45, 7) is 1.90. The number of hydrogen-bond acceptors (Lipinski definition) is 5. The molecule has 1 N–H and O–H groups in total. The van der Waals surface area contributed by atoms with E-state index in [1.807, 2.05) is 30.3 Å². The van der Waals surface area contributed by atoms with Crippen LogP contribution in [0.1, 0.15) is 18.1 Å². The molecule has 132 valence electrons. The maximum Gasteiger partial charge on any atom is 0.265 e. The normalized spacial score (nSPS) is 10.5. The fraction of sp³-hybridized carbons (Fsp3) is 0.263. The van der Waals surface area contributed by atoms with E-state index in [9.17, 15) is 4.79 Å². The van der Waals surface area contributed by atoms with Crippen LogP contribution in [0.3, 0.4) is 0 Å². The highest BCUT2D eigenvalue weighted by Gasteiger charge is 2.04. The summed E-state index contributed by atoms with van der Waals surface area (Å²) in [5.41, 5.74) is 2.68. The number of ether oxygens (including phenoxy) is 2. The topological polar surface area (TPSA) is 69.2 Å². The van der Waals surface area contributed by atoms with Crippen molar-refractivity contribution in [3.05, 3.63) is 53.6 Å². The van der Waals surface area contributed by atoms with Gasteiger partial charge in [0.15, 0.2) is 18.1 Å². The molecule has 0 aromatic heterocycles. The summed E-state index contributed by atoms with van der Waals surface area (Å²) in [5, 5.41) is 6.58. The molecular formula is C19H22N2O4. The zero-order valence-corrected chi connectivity index (χ0v) is 14.6. The maximum absolute atomic E-state index is 11.9. The zero-order chi connectivity index (χ0) is 18.1. The Bertz CT molecular complexity index is 744. The summed E-state index contributed by atoms with van der Waals surface area (Å²) in [4.78, 5) is 16.9. The van der Waals surface area contributed by atoms with E-state index in [-0.39, 0.29) is 12.5 Å². The van der Waals surface area contributed by atoms with Crippen molar-refractivity contribution >= 4 is 17.8 Å². The van der Waals surface area contributed by atoms with Crippen LogP contribution in [-0.2, 0) is 16.1 Å². The van der Waals surface area contributed by atoms with Crippen molar-refractivity contribution in [2.75, 3.05) is 26.1 Å². The number of benzene rings is 2. The molecule has 0 bridgehead atoms. The van der Waals surface area contributed by atoms with Gasteiger partial charge in [-0.05, 0) is 42.3 Å². The average molecular weight is 342 g/mol. The number of hydrogen-bond donors (Lipinski definition) is 1. The lowest BCUT2D eigenvalue weighted by Gasteiger charge is -2.07. The Kier molecular flexibility index (Phi) is 6.83. The molecule has 2 rings (SSSR count). The largest absolute Gasteiger partial charge is 0.493 e. The van der Waals surface area contributed by atoms with Crippen molar-refractivity contribution in [2.24, 2.45) is 5.16 Å². The van der Waals surface area contributed by atoms with Gasteiger partial charge in [0.1, 0.15) is 0 Å². The van der Waals surface area contributed by atoms with Crippen LogP contribution in [0.4, 0.5) is 5.69 Å². The molecular weight excluding hydrogens is 320 g/mol. The van der Waals surface area contributed by atoms with Crippen molar-refractivity contribution in [1.29, 1.82) is 0 Å². The third-order valence-electron chi connectivity index (χ3n) is 3.50. The van der Waals surface area contributed by atoms with E-state index in [2.05, 4.69) is 17.4 Å². The molecule has 0 atom stereocenters. The lowest BCUT2D eigenvalue weighted by Crippen LogP contribution is -2.17. The number of carbonyl (C=O) groups excluding carboxylic acids is 1. The van der Waals surface area contributed by atoms with E-state index >= 15 is 0 Å². The second kappa shape index (κ2) is 9.32. The lowest BCUT2D eigenvalue weighted by molar-refractivity contribution is -0.120. The molecule has 6 heteroatoms. The number of carbonyl (C=O) groups is 1. The Balaban J connectivity index is 1.85. The quantitative estimate of drug-likeness (QED) is 0.590. The highest BCUT2D eigenvalue weighted by atomic mass is 16.6. The Hall–Kier alpha value is -3.02. The first kappa shape index (κ1) is 18.3. The minimum atomic E-state index is -0.266. The molecule has 0 aliphatic carbocycles. The van der Waals surface area contributed by atoms with E-state index in [4.69, 9.17) is 14.3 Å². The van der Waals surface area contributed by atoms with Crippen molar-refractivity contribution in [2.45, 2.75) is 13.3 Å². The van der Waals surface area contributed by atoms with Crippen LogP contribution >= 0.6 is 0 Å². The Labute approximate surface area is 147 Å². The molecule has 25 heavy (non-hydrogen) atoms. The van der Waals surface area contributed by atoms with Gasteiger partial charge in [-0.15, -0.1) is 0 Å². The fourth-order valence-corrected chi connectivity index (χ4v) is 2.19. The van der Waals surface area contributed by atoms with Gasteiger partial charge in [0, 0.05) is 11.3 Å². The smallest absolute Gasteiger partial charge is 0.265 e. The number of nitrogens with zero attached hydrogens (tertiary/aromatic N) is 1. The molecule has 2 aromatic rings. The van der Waals surface area contributed by atoms with Gasteiger partial charge in [-0.3, -0.25) is 4.79 Å². The van der Waals surface area contributed by atoms with Crippen LogP contribution in [0.25, 0.3) is 0 Å². The van der Waals surface area contributed by atoms with Crippen LogP contribution < -0.4 is 14.8 Å². The predicted octanol–water partition coefficient (Wildman–Crippen LogP) is 3.26. The molecule has 0 spiro atoms. The van der Waals surface area contributed by atoms with Gasteiger partial charge in [0.25, 0.3) is 5.91 Å². The molecule has 0 fully saturated rings. The van der Waals surface area contributed by atoms with E-state index < -0.39 is 0 Å². The van der Waals surface area contributed by atoms with Crippen LogP contribution in [0.2, 0.25) is 0 Å². The molecule has 1 amide bonds. The van der Waals surface area contributed by atoms with Gasteiger partial charge in [-0.25, -0.2) is 0 Å². The van der Waals surface area contributed by atoms with Gasteiger partial charge in [-0.1, -0.05) is 24.2 Å². The first-order chi connectivity index (χ1) is 12.2. The summed E-state index contributed by atoms with van der Waals surface area (Å²) in [6, 6.07) is 13.0. The summed E-state index contributed by atoms with van der Waals surface area (Å²) in [6.07, 6.45) is 2.42. The van der Waals surface area contributed by atoms with Crippen molar-refractivity contribution in [3.63, 3.8) is 0 Å². The lowest BCUT2D eigenvalue weighted by atomic mass is 10.1. The monoisotopic (exact) mass is 342 g/mol. The standard InChI is InChI=1S/C19H22N2O4/c1-4-14-6-5-7-16(10-14)21-19(22)13-25-20-12-15-8-9-17(23-2)18(11-15)24-3/h5-12H,4,13H2,1-3H3,(H,21,22)/b20-12-. The highest BCUT2D eigenvalue weighted by Crippen LogP contribution is 2.26. The van der Waals surface area contributed by atoms with Crippen LogP contribution in [0.5, 0.6) is 11.5 Å². The SMILES string of the molecule is CCc1cccc(NC(=O)CO/N=C\c2ccc(OC)c(OC)c2)c1. The summed E-state index contributed by atoms with van der Waals surface area (Å²) in [5.74, 6) is 0.965. The van der Waals surface area contributed by atoms with Crippen LogP contribution in [0.15, 0.2) is 47.6 Å². The Morgan fingerprint density at radius 1 is 1.12 bits per heavy atom. The molecule has 0 aliphatic heterocycles. The molecule has 2 aromatic carbocycles. The molecule has 0 aliphatic rings. The molecule has 0 heterocycles. The van der Waals surface area contributed by atoms with Gasteiger partial charge in [-0.2, -0.15) is 0 Å². The zero-order valence-electron chi connectivity index (χ0n) is 14.6. The minimum absolute atomic E-state index is 0.167. The number of oxime groups is 1. The first-order valence-electron chi connectivity index (χ1n) is 7.92. The van der Waals surface area contributed by atoms with E-state index in [0.717, 1.165) is 23.2 Å². The highest BCUT2D eigenvalue weighted by molar-refractivity contribution is 5.91. The van der Waals surface area contributed by atoms with E-state index in [0.29, 0.717) is 11.5 Å². The summed E-state index contributed by atoms with van der Waals surface area (Å²) < 4.78 is 10.4. The number of nitrogens with one attached hydrogen (secondary N) is 1. The Morgan fingerprint density at radius 2 is 1.92 bits per heavy atom. The van der Waals surface area contributed by atoms with E-state index in [1.54, 1.807) is 26.4 Å². The fourth-order valence-electron chi connectivity index (χ4n) is 2.19. The van der Waals surface area contributed by atoms with E-state index in [1.165, 1.54) is 6.21 Å². The van der Waals surface area contributed by atoms with Crippen LogP contribution in [0, 0.1) is 0 Å². The molecule has 0 saturated heterocycles. The average Bonchev–Trinajstić information content (AvgIpc) is 2.65. The van der Waals surface area contributed by atoms with Crippen LogP contribution in [-0.4, -0.2) is 32.9 Å². The van der Waals surface area contributed by atoms with Crippen molar-refractivity contribution in [1.82, 2.24) is 0 Å². The first-order valence-corrected chi connectivity index (χ1v) is 7.92. The number of aryl methyl sites for hydroxylation is 1. The van der Waals surface area contributed by atoms with Gasteiger partial charge < -0.3 is 19.6 Å². The second-order valence-corrected chi connectivity index (χ2v) is 5.22. The van der Waals surface area contributed by atoms with Crippen molar-refractivity contribution in [3.8, 4) is 11.5 Å². The molecule has 6 nitrogen and oxygen atoms in total. The summed E-state index contributed by atoms with van der Waals surface area (Å²) >= 11 is 0. The van der Waals surface area contributed by atoms with Crippen molar-refractivity contribution < 1.29 is 19.1 Å². The minimum Gasteiger partial charge on any atom is -0.493 e. The molecule has 0 radical (unpaired) electrons. The number of rotatable bonds is 8. The van der Waals surface area contributed by atoms with Gasteiger partial charge in [0.05, 0.1) is 20.4 Å². The Morgan fingerprint density at radius 3 is 2.64 bits per heavy atom. The third kappa shape index (κ3) is 5.53. The van der Waals surface area contributed by atoms with Gasteiger partial charge >= 0.3 is 0 Å². The molecule has 0 saturated carbocycles.